The number of fused-ring (bicyclic) bond motifs is 3. The summed E-state index contributed by atoms with van der Waals surface area (Å²) in [6.07, 6.45) is -1.53. The third-order valence-corrected chi connectivity index (χ3v) is 9.95. The Hall–Kier alpha value is -5.89. The van der Waals surface area contributed by atoms with Gasteiger partial charge >= 0.3 is 12.3 Å². The number of halogens is 3. The number of carbonyl (C=O) groups excluding carboxylic acids is 2. The minimum Gasteiger partial charge on any atom is -0.448 e. The van der Waals surface area contributed by atoms with E-state index in [4.69, 9.17) is 10.00 Å². The van der Waals surface area contributed by atoms with Crippen molar-refractivity contribution >= 4 is 12.0 Å². The van der Waals surface area contributed by atoms with Gasteiger partial charge in [-0.25, -0.2) is 9.78 Å². The molecule has 272 valence electrons. The van der Waals surface area contributed by atoms with E-state index in [1.807, 2.05) is 79.1 Å². The standard InChI is InChI=1S/C42H40F3N5O3/c1-3-28(2)39(48-40(51)20-32-22-47-27-50(32)23-30-18-16-29(21-46)17-19-30)25-49(24-31-10-4-9-15-38(31)42(43,44)45)41(52)53-26-37-35-13-7-5-11-33(35)34-12-6-8-14-36(34)37/h4-19,22,27-28,37,39H,3,20,23-26H2,1-2H3,(H,48,51)/t28-,39+/m0/s1. The van der Waals surface area contributed by atoms with E-state index in [-0.39, 0.29) is 49.4 Å². The first-order valence-electron chi connectivity index (χ1n) is 17.6. The average molecular weight is 720 g/mol. The number of nitrogens with zero attached hydrogens (tertiary/aromatic N) is 4. The molecule has 0 radical (unpaired) electrons. The molecule has 0 saturated heterocycles. The Labute approximate surface area is 306 Å². The van der Waals surface area contributed by atoms with Crippen molar-refractivity contribution in [1.29, 1.82) is 5.26 Å². The monoisotopic (exact) mass is 719 g/mol. The first-order valence-corrected chi connectivity index (χ1v) is 17.6. The molecule has 1 heterocycles. The van der Waals surface area contributed by atoms with Crippen LogP contribution in [-0.4, -0.2) is 45.6 Å². The topological polar surface area (TPSA) is 100 Å². The van der Waals surface area contributed by atoms with Gasteiger partial charge in [-0.1, -0.05) is 99.1 Å². The summed E-state index contributed by atoms with van der Waals surface area (Å²) in [5.41, 5.74) is 5.35. The Bertz CT molecular complexity index is 2060. The number of nitrogens with one attached hydrogen (secondary N) is 1. The Balaban J connectivity index is 1.21. The van der Waals surface area contributed by atoms with Crippen LogP contribution in [0.25, 0.3) is 11.1 Å². The van der Waals surface area contributed by atoms with Crippen LogP contribution in [-0.2, 0) is 35.2 Å². The highest BCUT2D eigenvalue weighted by Gasteiger charge is 2.35. The van der Waals surface area contributed by atoms with E-state index in [0.717, 1.165) is 33.9 Å². The molecule has 2 amide bonds. The lowest BCUT2D eigenvalue weighted by atomic mass is 9.97. The molecule has 1 aliphatic rings. The molecular weight excluding hydrogens is 679 g/mol. The lowest BCUT2D eigenvalue weighted by molar-refractivity contribution is -0.138. The number of nitriles is 1. The molecule has 53 heavy (non-hydrogen) atoms. The van der Waals surface area contributed by atoms with Crippen LogP contribution in [0.1, 0.15) is 65.3 Å². The van der Waals surface area contributed by atoms with Crippen LogP contribution in [0.15, 0.2) is 110 Å². The Morgan fingerprint density at radius 2 is 1.60 bits per heavy atom. The lowest BCUT2D eigenvalue weighted by Crippen LogP contribution is -2.49. The predicted molar refractivity (Wildman–Crippen MR) is 194 cm³/mol. The van der Waals surface area contributed by atoms with Crippen molar-refractivity contribution in [2.24, 2.45) is 5.92 Å². The molecule has 0 spiro atoms. The molecule has 6 rings (SSSR count). The van der Waals surface area contributed by atoms with Crippen LogP contribution in [0.4, 0.5) is 18.0 Å². The van der Waals surface area contributed by atoms with Crippen LogP contribution in [0, 0.1) is 17.2 Å². The number of hydrogen-bond donors (Lipinski definition) is 1. The van der Waals surface area contributed by atoms with E-state index in [1.165, 1.54) is 23.1 Å². The fourth-order valence-electron chi connectivity index (χ4n) is 6.86. The highest BCUT2D eigenvalue weighted by Crippen LogP contribution is 2.44. The predicted octanol–water partition coefficient (Wildman–Crippen LogP) is 8.35. The summed E-state index contributed by atoms with van der Waals surface area (Å²) in [6.45, 7) is 3.87. The molecule has 11 heteroatoms. The summed E-state index contributed by atoms with van der Waals surface area (Å²) in [5.74, 6) is -0.695. The number of amides is 2. The fourth-order valence-corrected chi connectivity index (χ4v) is 6.86. The maximum Gasteiger partial charge on any atom is 0.416 e. The first kappa shape index (κ1) is 36.9. The number of benzene rings is 4. The van der Waals surface area contributed by atoms with Gasteiger partial charge in [0.25, 0.3) is 0 Å². The molecule has 1 aliphatic carbocycles. The second-order valence-corrected chi connectivity index (χ2v) is 13.4. The van der Waals surface area contributed by atoms with E-state index in [1.54, 1.807) is 24.7 Å². The maximum atomic E-state index is 14.1. The zero-order valence-electron chi connectivity index (χ0n) is 29.5. The SMILES string of the molecule is CC[C@H](C)[C@@H](CN(Cc1ccccc1C(F)(F)F)C(=O)OCC1c2ccccc2-c2ccccc21)NC(=O)Cc1cncn1Cc1ccc(C#N)cc1. The fraction of sp³-hybridized carbons (Fsp3) is 0.286. The van der Waals surface area contributed by atoms with Gasteiger partial charge in [-0.05, 0) is 57.5 Å². The molecule has 1 aromatic heterocycles. The van der Waals surface area contributed by atoms with Gasteiger partial charge in [-0.2, -0.15) is 18.4 Å². The smallest absolute Gasteiger partial charge is 0.416 e. The van der Waals surface area contributed by atoms with Crippen molar-refractivity contribution in [1.82, 2.24) is 19.8 Å². The normalized spacial score (nSPS) is 13.4. The summed E-state index contributed by atoms with van der Waals surface area (Å²) < 4.78 is 50.2. The largest absolute Gasteiger partial charge is 0.448 e. The van der Waals surface area contributed by atoms with Crippen LogP contribution >= 0.6 is 0 Å². The first-order chi connectivity index (χ1) is 25.5. The molecule has 0 aliphatic heterocycles. The average Bonchev–Trinajstić information content (AvgIpc) is 3.73. The van der Waals surface area contributed by atoms with E-state index in [9.17, 15) is 22.8 Å². The van der Waals surface area contributed by atoms with E-state index in [0.29, 0.717) is 24.2 Å². The van der Waals surface area contributed by atoms with Gasteiger partial charge < -0.3 is 19.5 Å². The van der Waals surface area contributed by atoms with Crippen molar-refractivity contribution < 1.29 is 27.5 Å². The van der Waals surface area contributed by atoms with Gasteiger partial charge in [0, 0.05) is 43.5 Å². The second kappa shape index (κ2) is 16.2. The minimum absolute atomic E-state index is 0.00609. The second-order valence-electron chi connectivity index (χ2n) is 13.4. The highest BCUT2D eigenvalue weighted by molar-refractivity contribution is 5.80. The molecule has 0 fully saturated rings. The maximum absolute atomic E-state index is 14.1. The molecule has 8 nitrogen and oxygen atoms in total. The summed E-state index contributed by atoms with van der Waals surface area (Å²) in [4.78, 5) is 33.1. The number of aromatic nitrogens is 2. The Morgan fingerprint density at radius 3 is 2.25 bits per heavy atom. The number of alkyl halides is 3. The number of rotatable bonds is 13. The van der Waals surface area contributed by atoms with Crippen molar-refractivity contribution in [2.75, 3.05) is 13.2 Å². The molecule has 1 N–H and O–H groups in total. The van der Waals surface area contributed by atoms with E-state index in [2.05, 4.69) is 16.4 Å². The molecule has 5 aromatic rings. The molecule has 0 bridgehead atoms. The van der Waals surface area contributed by atoms with E-state index >= 15 is 0 Å². The van der Waals surface area contributed by atoms with Crippen molar-refractivity contribution in [3.05, 3.63) is 149 Å². The number of imidazole rings is 1. The number of carbonyl (C=O) groups is 2. The van der Waals surface area contributed by atoms with Crippen molar-refractivity contribution in [3.63, 3.8) is 0 Å². The van der Waals surface area contributed by atoms with Gasteiger partial charge in [0.15, 0.2) is 0 Å². The van der Waals surface area contributed by atoms with E-state index < -0.39 is 23.9 Å². The zero-order chi connectivity index (χ0) is 37.5. The van der Waals surface area contributed by atoms with Gasteiger partial charge in [-0.15, -0.1) is 0 Å². The minimum atomic E-state index is -4.63. The Kier molecular flexibility index (Phi) is 11.3. The summed E-state index contributed by atoms with van der Waals surface area (Å²) >= 11 is 0. The van der Waals surface area contributed by atoms with Gasteiger partial charge in [-0.3, -0.25) is 4.79 Å². The quantitative estimate of drug-likeness (QED) is 0.132. The van der Waals surface area contributed by atoms with Crippen LogP contribution in [0.3, 0.4) is 0 Å². The zero-order valence-corrected chi connectivity index (χ0v) is 29.5. The molecular formula is C42H40F3N5O3. The van der Waals surface area contributed by atoms with Gasteiger partial charge in [0.1, 0.15) is 6.61 Å². The summed E-state index contributed by atoms with van der Waals surface area (Å²) in [6, 6.07) is 29.6. The number of ether oxygens (including phenoxy) is 1. The molecule has 4 aromatic carbocycles. The molecule has 0 saturated carbocycles. The Morgan fingerprint density at radius 1 is 0.962 bits per heavy atom. The lowest BCUT2D eigenvalue weighted by Gasteiger charge is -2.32. The van der Waals surface area contributed by atoms with Crippen molar-refractivity contribution in [2.45, 2.75) is 57.9 Å². The van der Waals surface area contributed by atoms with Gasteiger partial charge in [0.2, 0.25) is 5.91 Å². The van der Waals surface area contributed by atoms with Crippen LogP contribution in [0.5, 0.6) is 0 Å². The summed E-state index contributed by atoms with van der Waals surface area (Å²) in [5, 5.41) is 12.2. The van der Waals surface area contributed by atoms with Crippen LogP contribution in [0.2, 0.25) is 0 Å². The van der Waals surface area contributed by atoms with Crippen LogP contribution < -0.4 is 5.32 Å². The van der Waals surface area contributed by atoms with Gasteiger partial charge in [0.05, 0.1) is 29.9 Å². The summed E-state index contributed by atoms with van der Waals surface area (Å²) in [7, 11) is 0. The third kappa shape index (κ3) is 8.60. The molecule has 0 unspecified atom stereocenters. The third-order valence-electron chi connectivity index (χ3n) is 9.95. The molecule has 2 atom stereocenters. The highest BCUT2D eigenvalue weighted by atomic mass is 19.4. The van der Waals surface area contributed by atoms with Crippen molar-refractivity contribution in [3.8, 4) is 17.2 Å². The number of hydrogen-bond acceptors (Lipinski definition) is 5.